The molecule has 4 N–H and O–H groups in total. The molecule has 2 amide bonds. The van der Waals surface area contributed by atoms with E-state index in [1.165, 1.54) is 11.1 Å². The van der Waals surface area contributed by atoms with Gasteiger partial charge in [-0.3, -0.25) is 9.59 Å². The Balaban J connectivity index is 1.99. The Kier molecular flexibility index (Phi) is 8.40. The molecule has 5 nitrogen and oxygen atoms in total. The van der Waals surface area contributed by atoms with Crippen molar-refractivity contribution in [1.29, 1.82) is 0 Å². The third kappa shape index (κ3) is 6.71. The van der Waals surface area contributed by atoms with Crippen LogP contribution in [0.15, 0.2) is 48.5 Å². The van der Waals surface area contributed by atoms with Crippen LogP contribution in [0.25, 0.3) is 0 Å². The van der Waals surface area contributed by atoms with Crippen LogP contribution < -0.4 is 16.0 Å². The Bertz CT molecular complexity index is 813. The summed E-state index contributed by atoms with van der Waals surface area (Å²) in [6.07, 6.45) is 0. The molecule has 0 unspecified atom stereocenters. The van der Waals surface area contributed by atoms with Gasteiger partial charge in [-0.25, -0.2) is 0 Å². The maximum Gasteiger partial charge on any atom is 0.279 e. The fourth-order valence-corrected chi connectivity index (χ4v) is 3.34. The lowest BCUT2D eigenvalue weighted by atomic mass is 9.93. The first-order valence-electron chi connectivity index (χ1n) is 10.4. The summed E-state index contributed by atoms with van der Waals surface area (Å²) < 4.78 is 0. The van der Waals surface area contributed by atoms with E-state index in [0.29, 0.717) is 36.2 Å². The first kappa shape index (κ1) is 22.6. The minimum Gasteiger partial charge on any atom is -0.352 e. The molecule has 2 aromatic carbocycles. The lowest BCUT2D eigenvalue weighted by molar-refractivity contribution is -0.692. The van der Waals surface area contributed by atoms with Crippen LogP contribution in [0.3, 0.4) is 0 Å². The van der Waals surface area contributed by atoms with E-state index in [4.69, 9.17) is 0 Å². The van der Waals surface area contributed by atoms with Gasteiger partial charge in [0.2, 0.25) is 0 Å². The van der Waals surface area contributed by atoms with Crippen molar-refractivity contribution in [2.75, 3.05) is 18.4 Å². The molecular weight excluding hydrogens is 362 g/mol. The Morgan fingerprint density at radius 2 is 1.62 bits per heavy atom. The van der Waals surface area contributed by atoms with Crippen molar-refractivity contribution in [3.05, 3.63) is 65.2 Å². The van der Waals surface area contributed by atoms with Crippen LogP contribution in [0, 0.1) is 5.92 Å². The van der Waals surface area contributed by atoms with Gasteiger partial charge in [-0.15, -0.1) is 0 Å². The predicted molar refractivity (Wildman–Crippen MR) is 118 cm³/mol. The second-order valence-electron chi connectivity index (χ2n) is 8.02. The van der Waals surface area contributed by atoms with E-state index in [-0.39, 0.29) is 17.9 Å². The number of benzene rings is 2. The van der Waals surface area contributed by atoms with E-state index in [0.717, 1.165) is 0 Å². The molecule has 0 radical (unpaired) electrons. The standard InChI is InChI=1S/C24H33N3O2/c1-6-25-24(29)20-8-7-9-21(14-20)27-22(28)15-26-23(17(4)5)19-12-10-18(11-13-19)16(2)3/h7-14,16-17,23,26H,6,15H2,1-5H3,(H,25,29)(H,27,28)/p+1/t23-/m1/s1. The topological polar surface area (TPSA) is 74.8 Å². The van der Waals surface area contributed by atoms with Crippen molar-refractivity contribution < 1.29 is 14.9 Å². The summed E-state index contributed by atoms with van der Waals surface area (Å²) in [7, 11) is 0. The van der Waals surface area contributed by atoms with Crippen molar-refractivity contribution >= 4 is 17.5 Å². The summed E-state index contributed by atoms with van der Waals surface area (Å²) in [5, 5.41) is 7.75. The quantitative estimate of drug-likeness (QED) is 0.607. The maximum atomic E-state index is 12.5. The minimum absolute atomic E-state index is 0.0810. The molecule has 156 valence electrons. The molecule has 29 heavy (non-hydrogen) atoms. The van der Waals surface area contributed by atoms with Crippen LogP contribution in [0.2, 0.25) is 0 Å². The highest BCUT2D eigenvalue weighted by molar-refractivity contribution is 5.97. The van der Waals surface area contributed by atoms with Crippen LogP contribution in [0.5, 0.6) is 0 Å². The first-order valence-corrected chi connectivity index (χ1v) is 10.4. The third-order valence-electron chi connectivity index (χ3n) is 5.01. The number of nitrogens with two attached hydrogens (primary N) is 1. The zero-order chi connectivity index (χ0) is 21.4. The second kappa shape index (κ2) is 10.8. The number of carbonyl (C=O) groups is 2. The van der Waals surface area contributed by atoms with Crippen LogP contribution in [0.4, 0.5) is 5.69 Å². The smallest absolute Gasteiger partial charge is 0.279 e. The zero-order valence-corrected chi connectivity index (χ0v) is 18.2. The Morgan fingerprint density at radius 1 is 0.966 bits per heavy atom. The fourth-order valence-electron chi connectivity index (χ4n) is 3.34. The molecule has 2 aromatic rings. The summed E-state index contributed by atoms with van der Waals surface area (Å²) >= 11 is 0. The highest BCUT2D eigenvalue weighted by atomic mass is 16.2. The van der Waals surface area contributed by atoms with Gasteiger partial charge in [-0.1, -0.05) is 58.0 Å². The van der Waals surface area contributed by atoms with Crippen molar-refractivity contribution in [3.63, 3.8) is 0 Å². The molecule has 0 spiro atoms. The largest absolute Gasteiger partial charge is 0.352 e. The molecule has 5 heteroatoms. The Labute approximate surface area is 174 Å². The number of hydrogen-bond donors (Lipinski definition) is 3. The molecule has 0 aromatic heterocycles. The highest BCUT2D eigenvalue weighted by Gasteiger charge is 2.21. The zero-order valence-electron chi connectivity index (χ0n) is 18.2. The average Bonchev–Trinajstić information content (AvgIpc) is 2.68. The van der Waals surface area contributed by atoms with Gasteiger partial charge >= 0.3 is 0 Å². The molecule has 0 aliphatic rings. The van der Waals surface area contributed by atoms with Crippen molar-refractivity contribution in [2.24, 2.45) is 5.92 Å². The second-order valence-corrected chi connectivity index (χ2v) is 8.02. The minimum atomic E-state index is -0.139. The number of rotatable bonds is 9. The molecule has 0 saturated carbocycles. The molecule has 0 saturated heterocycles. The van der Waals surface area contributed by atoms with Crippen LogP contribution >= 0.6 is 0 Å². The molecule has 0 heterocycles. The number of amides is 2. The van der Waals surface area contributed by atoms with Gasteiger partial charge in [0.25, 0.3) is 11.8 Å². The molecule has 1 atom stereocenters. The summed E-state index contributed by atoms with van der Waals surface area (Å²) in [6, 6.07) is 15.9. The van der Waals surface area contributed by atoms with E-state index in [1.54, 1.807) is 24.3 Å². The molecule has 0 fully saturated rings. The fraction of sp³-hybridized carbons (Fsp3) is 0.417. The molecule has 0 bridgehead atoms. The normalized spacial score (nSPS) is 12.1. The van der Waals surface area contributed by atoms with Gasteiger partial charge in [-0.2, -0.15) is 0 Å². The van der Waals surface area contributed by atoms with E-state index in [2.05, 4.69) is 67.9 Å². The number of carbonyl (C=O) groups excluding carboxylic acids is 2. The number of hydrogen-bond acceptors (Lipinski definition) is 2. The average molecular weight is 397 g/mol. The van der Waals surface area contributed by atoms with Crippen molar-refractivity contribution in [3.8, 4) is 0 Å². The molecular formula is C24H34N3O2+. The van der Waals surface area contributed by atoms with Crippen LogP contribution in [0.1, 0.15) is 68.1 Å². The van der Waals surface area contributed by atoms with Gasteiger partial charge in [-0.05, 0) is 36.6 Å². The van der Waals surface area contributed by atoms with Crippen LogP contribution in [-0.4, -0.2) is 24.9 Å². The third-order valence-corrected chi connectivity index (χ3v) is 5.01. The summed E-state index contributed by atoms with van der Waals surface area (Å²) in [4.78, 5) is 24.4. The summed E-state index contributed by atoms with van der Waals surface area (Å²) in [6.45, 7) is 11.5. The van der Waals surface area contributed by atoms with E-state index in [1.807, 2.05) is 6.92 Å². The molecule has 2 rings (SSSR count). The lowest BCUT2D eigenvalue weighted by Crippen LogP contribution is -2.88. The summed E-state index contributed by atoms with van der Waals surface area (Å²) in [5.74, 6) is 0.683. The van der Waals surface area contributed by atoms with Gasteiger partial charge in [0.05, 0.1) is 0 Å². The SMILES string of the molecule is CCNC(=O)c1cccc(NC(=O)C[NH2+][C@@H](c2ccc(C(C)C)cc2)C(C)C)c1. The molecule has 0 aliphatic carbocycles. The van der Waals surface area contributed by atoms with Gasteiger partial charge in [0.15, 0.2) is 6.54 Å². The Hall–Kier alpha value is -2.66. The first-order chi connectivity index (χ1) is 13.8. The molecule has 0 aliphatic heterocycles. The predicted octanol–water partition coefficient (Wildman–Crippen LogP) is 3.46. The summed E-state index contributed by atoms with van der Waals surface area (Å²) in [5.41, 5.74) is 3.73. The number of quaternary nitrogens is 1. The van der Waals surface area contributed by atoms with Crippen molar-refractivity contribution in [1.82, 2.24) is 5.32 Å². The number of nitrogens with one attached hydrogen (secondary N) is 2. The van der Waals surface area contributed by atoms with Gasteiger partial charge in [0, 0.05) is 29.3 Å². The Morgan fingerprint density at radius 3 is 2.21 bits per heavy atom. The van der Waals surface area contributed by atoms with Crippen LogP contribution in [-0.2, 0) is 4.79 Å². The van der Waals surface area contributed by atoms with E-state index < -0.39 is 0 Å². The lowest BCUT2D eigenvalue weighted by Gasteiger charge is -2.20. The van der Waals surface area contributed by atoms with Crippen molar-refractivity contribution in [2.45, 2.75) is 46.6 Å². The highest BCUT2D eigenvalue weighted by Crippen LogP contribution is 2.21. The maximum absolute atomic E-state index is 12.5. The van der Waals surface area contributed by atoms with Gasteiger partial charge < -0.3 is 16.0 Å². The van der Waals surface area contributed by atoms with E-state index in [9.17, 15) is 9.59 Å². The van der Waals surface area contributed by atoms with E-state index >= 15 is 0 Å². The monoisotopic (exact) mass is 396 g/mol. The number of anilines is 1. The van der Waals surface area contributed by atoms with Gasteiger partial charge in [0.1, 0.15) is 6.04 Å².